The van der Waals surface area contributed by atoms with Gasteiger partial charge in [0.05, 0.1) is 12.6 Å². The molecule has 1 saturated heterocycles. The summed E-state index contributed by atoms with van der Waals surface area (Å²) in [7, 11) is 1.67. The Morgan fingerprint density at radius 2 is 2.39 bits per heavy atom. The van der Waals surface area contributed by atoms with Gasteiger partial charge in [0.1, 0.15) is 11.6 Å². The van der Waals surface area contributed by atoms with Crippen molar-refractivity contribution in [3.8, 4) is 5.75 Å². The quantitative estimate of drug-likeness (QED) is 0.895. The van der Waals surface area contributed by atoms with Crippen LogP contribution in [0.25, 0.3) is 10.9 Å². The molecule has 0 aliphatic carbocycles. The molecule has 1 aliphatic rings. The number of nitrogens with zero attached hydrogens (tertiary/aromatic N) is 2. The normalized spacial score (nSPS) is 19.3. The highest BCUT2D eigenvalue weighted by molar-refractivity contribution is 5.79. The summed E-state index contributed by atoms with van der Waals surface area (Å²) in [5, 5.41) is 4.53. The van der Waals surface area contributed by atoms with Gasteiger partial charge in [-0.05, 0) is 31.5 Å². The molecule has 0 bridgehead atoms. The van der Waals surface area contributed by atoms with Gasteiger partial charge in [-0.2, -0.15) is 0 Å². The van der Waals surface area contributed by atoms with Gasteiger partial charge in [0, 0.05) is 30.1 Å². The molecule has 4 nitrogen and oxygen atoms in total. The fraction of sp³-hybridized carbons (Fsp3) is 0.429. The summed E-state index contributed by atoms with van der Waals surface area (Å²) in [4.78, 5) is 9.05. The summed E-state index contributed by atoms with van der Waals surface area (Å²) in [6.07, 6.45) is 5.28. The second-order valence-electron chi connectivity index (χ2n) is 4.71. The Kier molecular flexibility index (Phi) is 3.11. The molecule has 1 aliphatic heterocycles. The standard InChI is InChI=1S/C14H17N3O/c1-18-12-5-4-10-9-16-14(17-13(10)8-12)7-11-3-2-6-15-11/h4-5,8-9,11,15H,2-3,6-7H2,1H3. The lowest BCUT2D eigenvalue weighted by Crippen LogP contribution is -2.24. The van der Waals surface area contributed by atoms with Crippen molar-refractivity contribution in [3.63, 3.8) is 0 Å². The monoisotopic (exact) mass is 243 g/mol. The van der Waals surface area contributed by atoms with Crippen molar-refractivity contribution in [1.29, 1.82) is 0 Å². The minimum Gasteiger partial charge on any atom is -0.497 e. The molecule has 1 atom stereocenters. The first-order chi connectivity index (χ1) is 8.85. The van der Waals surface area contributed by atoms with E-state index < -0.39 is 0 Å². The van der Waals surface area contributed by atoms with Crippen LogP contribution in [0.5, 0.6) is 5.75 Å². The van der Waals surface area contributed by atoms with Crippen LogP contribution in [0.1, 0.15) is 18.7 Å². The highest BCUT2D eigenvalue weighted by atomic mass is 16.5. The van der Waals surface area contributed by atoms with Gasteiger partial charge in [0.2, 0.25) is 0 Å². The molecule has 0 spiro atoms. The summed E-state index contributed by atoms with van der Waals surface area (Å²) in [6.45, 7) is 1.12. The first-order valence-corrected chi connectivity index (χ1v) is 6.38. The predicted molar refractivity (Wildman–Crippen MR) is 70.8 cm³/mol. The van der Waals surface area contributed by atoms with Crippen LogP contribution in [0.3, 0.4) is 0 Å². The molecule has 1 aromatic heterocycles. The average molecular weight is 243 g/mol. The summed E-state index contributed by atoms with van der Waals surface area (Å²) in [5.74, 6) is 1.75. The number of nitrogens with one attached hydrogen (secondary N) is 1. The number of aromatic nitrogens is 2. The van der Waals surface area contributed by atoms with E-state index in [2.05, 4.69) is 15.3 Å². The fourth-order valence-corrected chi connectivity index (χ4v) is 2.42. The van der Waals surface area contributed by atoms with Crippen LogP contribution in [-0.4, -0.2) is 29.7 Å². The van der Waals surface area contributed by atoms with Gasteiger partial charge < -0.3 is 10.1 Å². The van der Waals surface area contributed by atoms with Crippen molar-refractivity contribution in [2.24, 2.45) is 0 Å². The smallest absolute Gasteiger partial charge is 0.130 e. The highest BCUT2D eigenvalue weighted by Crippen LogP contribution is 2.19. The molecule has 0 radical (unpaired) electrons. The number of benzene rings is 1. The molecular weight excluding hydrogens is 226 g/mol. The van der Waals surface area contributed by atoms with Gasteiger partial charge in [0.15, 0.2) is 0 Å². The van der Waals surface area contributed by atoms with E-state index in [1.54, 1.807) is 7.11 Å². The Hall–Kier alpha value is -1.68. The Balaban J connectivity index is 1.88. The van der Waals surface area contributed by atoms with Crippen molar-refractivity contribution in [2.45, 2.75) is 25.3 Å². The van der Waals surface area contributed by atoms with Crippen molar-refractivity contribution < 1.29 is 4.74 Å². The third-order valence-corrected chi connectivity index (χ3v) is 3.43. The van der Waals surface area contributed by atoms with Gasteiger partial charge in [-0.1, -0.05) is 0 Å². The van der Waals surface area contributed by atoms with Crippen molar-refractivity contribution in [3.05, 3.63) is 30.2 Å². The van der Waals surface area contributed by atoms with Crippen molar-refractivity contribution in [1.82, 2.24) is 15.3 Å². The van der Waals surface area contributed by atoms with Crippen LogP contribution >= 0.6 is 0 Å². The molecule has 1 unspecified atom stereocenters. The van der Waals surface area contributed by atoms with Crippen LogP contribution in [-0.2, 0) is 6.42 Å². The number of hydrogen-bond acceptors (Lipinski definition) is 4. The van der Waals surface area contributed by atoms with E-state index in [-0.39, 0.29) is 0 Å². The van der Waals surface area contributed by atoms with E-state index in [0.717, 1.165) is 35.4 Å². The second kappa shape index (κ2) is 4.90. The summed E-state index contributed by atoms with van der Waals surface area (Å²) in [5.41, 5.74) is 0.956. The topological polar surface area (TPSA) is 47.0 Å². The zero-order chi connectivity index (χ0) is 12.4. The first kappa shape index (κ1) is 11.4. The lowest BCUT2D eigenvalue weighted by molar-refractivity contribution is 0.415. The largest absolute Gasteiger partial charge is 0.497 e. The van der Waals surface area contributed by atoms with E-state index in [1.165, 1.54) is 12.8 Å². The predicted octanol–water partition coefficient (Wildman–Crippen LogP) is 1.93. The molecule has 1 aromatic carbocycles. The Bertz CT molecular complexity index is 550. The Morgan fingerprint density at radius 3 is 3.17 bits per heavy atom. The summed E-state index contributed by atoms with van der Waals surface area (Å²) in [6, 6.07) is 6.42. The third-order valence-electron chi connectivity index (χ3n) is 3.43. The maximum Gasteiger partial charge on any atom is 0.130 e. The van der Waals surface area contributed by atoms with Gasteiger partial charge >= 0.3 is 0 Å². The molecule has 1 fully saturated rings. The van der Waals surface area contributed by atoms with E-state index in [1.807, 2.05) is 24.4 Å². The molecule has 0 amide bonds. The van der Waals surface area contributed by atoms with Gasteiger partial charge in [-0.15, -0.1) is 0 Å². The van der Waals surface area contributed by atoms with E-state index >= 15 is 0 Å². The summed E-state index contributed by atoms with van der Waals surface area (Å²) >= 11 is 0. The first-order valence-electron chi connectivity index (χ1n) is 6.38. The lowest BCUT2D eigenvalue weighted by Gasteiger charge is -2.09. The molecule has 0 saturated carbocycles. The SMILES string of the molecule is COc1ccc2cnc(CC3CCCN3)nc2c1. The zero-order valence-electron chi connectivity index (χ0n) is 10.5. The van der Waals surface area contributed by atoms with Crippen LogP contribution in [0.15, 0.2) is 24.4 Å². The molecule has 18 heavy (non-hydrogen) atoms. The lowest BCUT2D eigenvalue weighted by atomic mass is 10.1. The minimum atomic E-state index is 0.535. The van der Waals surface area contributed by atoms with Gasteiger partial charge in [-0.25, -0.2) is 9.97 Å². The number of fused-ring (bicyclic) bond motifs is 1. The highest BCUT2D eigenvalue weighted by Gasteiger charge is 2.15. The molecule has 94 valence electrons. The van der Waals surface area contributed by atoms with Gasteiger partial charge in [-0.3, -0.25) is 0 Å². The molecule has 3 rings (SSSR count). The maximum absolute atomic E-state index is 5.22. The van der Waals surface area contributed by atoms with E-state index in [0.29, 0.717) is 6.04 Å². The number of ether oxygens (including phenoxy) is 1. The average Bonchev–Trinajstić information content (AvgIpc) is 2.90. The Morgan fingerprint density at radius 1 is 1.44 bits per heavy atom. The van der Waals surface area contributed by atoms with Crippen LogP contribution in [0.4, 0.5) is 0 Å². The number of hydrogen-bond donors (Lipinski definition) is 1. The van der Waals surface area contributed by atoms with Crippen LogP contribution in [0, 0.1) is 0 Å². The van der Waals surface area contributed by atoms with E-state index in [9.17, 15) is 0 Å². The molecule has 2 aromatic rings. The second-order valence-corrected chi connectivity index (χ2v) is 4.71. The molecule has 2 heterocycles. The Labute approximate surface area is 106 Å². The van der Waals surface area contributed by atoms with Crippen LogP contribution in [0.2, 0.25) is 0 Å². The number of rotatable bonds is 3. The van der Waals surface area contributed by atoms with Crippen molar-refractivity contribution in [2.75, 3.05) is 13.7 Å². The molecule has 1 N–H and O–H groups in total. The third kappa shape index (κ3) is 2.29. The zero-order valence-corrected chi connectivity index (χ0v) is 10.5. The molecular formula is C14H17N3O. The van der Waals surface area contributed by atoms with E-state index in [4.69, 9.17) is 4.74 Å². The van der Waals surface area contributed by atoms with Crippen molar-refractivity contribution >= 4 is 10.9 Å². The van der Waals surface area contributed by atoms with Gasteiger partial charge in [0.25, 0.3) is 0 Å². The minimum absolute atomic E-state index is 0.535. The molecule has 4 heteroatoms. The van der Waals surface area contributed by atoms with Crippen LogP contribution < -0.4 is 10.1 Å². The fourth-order valence-electron chi connectivity index (χ4n) is 2.42. The summed E-state index contributed by atoms with van der Waals surface area (Å²) < 4.78 is 5.22. The maximum atomic E-state index is 5.22. The number of methoxy groups -OCH3 is 1.